The number of nitrogens with zero attached hydrogens (tertiary/aromatic N) is 1. The van der Waals surface area contributed by atoms with Crippen molar-refractivity contribution in [2.75, 3.05) is 6.61 Å². The summed E-state index contributed by atoms with van der Waals surface area (Å²) in [6, 6.07) is -0.0206. The number of ether oxygens (including phenoxy) is 4. The van der Waals surface area contributed by atoms with Gasteiger partial charge in [0.25, 0.3) is 5.56 Å². The first-order valence-electron chi connectivity index (χ1n) is 9.16. The molecule has 4 atom stereocenters. The van der Waals surface area contributed by atoms with Crippen molar-refractivity contribution in [3.63, 3.8) is 0 Å². The Kier molecular flexibility index (Phi) is 5.87. The Morgan fingerprint density at radius 1 is 1.07 bits per heavy atom. The van der Waals surface area contributed by atoms with E-state index >= 15 is 0 Å². The molecule has 0 amide bonds. The van der Waals surface area contributed by atoms with Gasteiger partial charge in [0, 0.05) is 33.0 Å². The van der Waals surface area contributed by atoms with Gasteiger partial charge >= 0.3 is 23.6 Å². The number of aromatic amines is 1. The predicted octanol–water partition coefficient (Wildman–Crippen LogP) is -0.262. The van der Waals surface area contributed by atoms with Crippen molar-refractivity contribution >= 4 is 17.9 Å². The van der Waals surface area contributed by atoms with Crippen LogP contribution < -0.4 is 11.2 Å². The smallest absolute Gasteiger partial charge is 0.328 e. The fraction of sp³-hybridized carbons (Fsp3) is 0.611. The first-order chi connectivity index (χ1) is 13.7. The lowest BCUT2D eigenvalue weighted by Crippen LogP contribution is -2.41. The first kappa shape index (κ1) is 20.8. The van der Waals surface area contributed by atoms with Crippen LogP contribution in [0.3, 0.4) is 0 Å². The molecule has 0 radical (unpaired) electrons. The number of nitrogens with one attached hydrogen (secondary N) is 1. The Labute approximate surface area is 164 Å². The molecule has 158 valence electrons. The third kappa shape index (κ3) is 4.73. The van der Waals surface area contributed by atoms with Crippen LogP contribution in [0.1, 0.15) is 51.3 Å². The van der Waals surface area contributed by atoms with Crippen LogP contribution in [0.4, 0.5) is 0 Å². The molecule has 1 N–H and O–H groups in total. The summed E-state index contributed by atoms with van der Waals surface area (Å²) in [6.07, 6.45) is -1.40. The molecule has 11 heteroatoms. The zero-order valence-electron chi connectivity index (χ0n) is 16.2. The zero-order valence-corrected chi connectivity index (χ0v) is 16.2. The van der Waals surface area contributed by atoms with Crippen LogP contribution in [-0.4, -0.2) is 52.4 Å². The number of carbonyl (C=O) groups excluding carboxylic acids is 3. The molecule has 2 unspecified atom stereocenters. The van der Waals surface area contributed by atoms with Gasteiger partial charge in [0.15, 0.2) is 12.2 Å². The van der Waals surface area contributed by atoms with Gasteiger partial charge in [-0.1, -0.05) is 0 Å². The van der Waals surface area contributed by atoms with E-state index in [1.165, 1.54) is 24.6 Å². The minimum atomic E-state index is -1.16. The van der Waals surface area contributed by atoms with Crippen molar-refractivity contribution in [1.29, 1.82) is 0 Å². The topological polar surface area (TPSA) is 143 Å². The molecular weight excluding hydrogens is 388 g/mol. The monoisotopic (exact) mass is 410 g/mol. The third-order valence-corrected chi connectivity index (χ3v) is 4.61. The summed E-state index contributed by atoms with van der Waals surface area (Å²) in [6.45, 7) is 3.26. The van der Waals surface area contributed by atoms with E-state index in [0.29, 0.717) is 0 Å². The molecule has 1 aromatic heterocycles. The van der Waals surface area contributed by atoms with Crippen LogP contribution in [0, 0.1) is 0 Å². The Balaban J connectivity index is 2.00. The van der Waals surface area contributed by atoms with Crippen LogP contribution in [0.25, 0.3) is 0 Å². The van der Waals surface area contributed by atoms with E-state index in [0.717, 1.165) is 19.8 Å². The Morgan fingerprint density at radius 3 is 2.24 bits per heavy atom. The summed E-state index contributed by atoms with van der Waals surface area (Å²) in [7, 11) is 0. The van der Waals surface area contributed by atoms with Gasteiger partial charge in [-0.3, -0.25) is 28.7 Å². The van der Waals surface area contributed by atoms with Crippen molar-refractivity contribution < 1.29 is 33.3 Å². The van der Waals surface area contributed by atoms with Crippen molar-refractivity contribution in [2.24, 2.45) is 0 Å². The zero-order chi connectivity index (χ0) is 21.3. The Hall–Kier alpha value is -2.95. The van der Waals surface area contributed by atoms with E-state index in [1.807, 2.05) is 0 Å². The maximum atomic E-state index is 12.5. The minimum absolute atomic E-state index is 0.0206. The van der Waals surface area contributed by atoms with Crippen molar-refractivity contribution in [2.45, 2.75) is 64.1 Å². The summed E-state index contributed by atoms with van der Waals surface area (Å²) >= 11 is 0. The molecule has 2 heterocycles. The number of hydrogen-bond acceptors (Lipinski definition) is 9. The second-order valence-electron chi connectivity index (χ2n) is 7.03. The maximum absolute atomic E-state index is 12.5. The lowest BCUT2D eigenvalue weighted by atomic mass is 10.0. The van der Waals surface area contributed by atoms with E-state index in [2.05, 4.69) is 4.98 Å². The van der Waals surface area contributed by atoms with E-state index in [1.54, 1.807) is 0 Å². The molecule has 11 nitrogen and oxygen atoms in total. The summed E-state index contributed by atoms with van der Waals surface area (Å²) in [5.41, 5.74) is -1.20. The van der Waals surface area contributed by atoms with E-state index in [4.69, 9.17) is 18.9 Å². The van der Waals surface area contributed by atoms with Gasteiger partial charge in [-0.2, -0.15) is 0 Å². The van der Waals surface area contributed by atoms with Crippen LogP contribution in [0.15, 0.2) is 15.8 Å². The second-order valence-corrected chi connectivity index (χ2v) is 7.03. The van der Waals surface area contributed by atoms with Crippen LogP contribution in [-0.2, 0) is 33.3 Å². The molecule has 1 aliphatic heterocycles. The largest absolute Gasteiger partial charge is 0.463 e. The van der Waals surface area contributed by atoms with Gasteiger partial charge in [0.05, 0.1) is 5.56 Å². The number of hydrogen-bond donors (Lipinski definition) is 1. The number of esters is 3. The summed E-state index contributed by atoms with van der Waals surface area (Å²) in [5, 5.41) is 0. The van der Waals surface area contributed by atoms with Crippen molar-refractivity contribution in [3.8, 4) is 0 Å². The fourth-order valence-electron chi connectivity index (χ4n) is 3.29. The molecule has 0 spiro atoms. The van der Waals surface area contributed by atoms with Crippen LogP contribution in [0.5, 0.6) is 0 Å². The molecule has 1 saturated carbocycles. The Morgan fingerprint density at radius 2 is 1.69 bits per heavy atom. The summed E-state index contributed by atoms with van der Waals surface area (Å²) in [4.78, 5) is 61.2. The predicted molar refractivity (Wildman–Crippen MR) is 94.9 cm³/mol. The normalized spacial score (nSPS) is 26.0. The first-order valence-corrected chi connectivity index (χ1v) is 9.16. The lowest BCUT2D eigenvalue weighted by Gasteiger charge is -2.23. The average Bonchev–Trinajstić information content (AvgIpc) is 3.39. The highest BCUT2D eigenvalue weighted by molar-refractivity contribution is 5.68. The van der Waals surface area contributed by atoms with Gasteiger partial charge in [-0.25, -0.2) is 4.79 Å². The van der Waals surface area contributed by atoms with Gasteiger partial charge in [0.2, 0.25) is 0 Å². The highest BCUT2D eigenvalue weighted by Crippen LogP contribution is 2.38. The highest BCUT2D eigenvalue weighted by atomic mass is 16.6. The second kappa shape index (κ2) is 8.19. The Bertz CT molecular complexity index is 930. The van der Waals surface area contributed by atoms with Crippen molar-refractivity contribution in [3.05, 3.63) is 32.6 Å². The number of rotatable bonds is 6. The molecule has 1 aromatic rings. The third-order valence-electron chi connectivity index (χ3n) is 4.61. The highest BCUT2D eigenvalue weighted by Gasteiger charge is 2.51. The summed E-state index contributed by atoms with van der Waals surface area (Å²) in [5.74, 6) is -1.93. The molecule has 1 aliphatic carbocycles. The van der Waals surface area contributed by atoms with E-state index in [-0.39, 0.29) is 18.2 Å². The van der Waals surface area contributed by atoms with Gasteiger partial charge < -0.3 is 18.9 Å². The summed E-state index contributed by atoms with van der Waals surface area (Å²) < 4.78 is 22.8. The molecule has 0 aromatic carbocycles. The average molecular weight is 410 g/mol. The molecule has 29 heavy (non-hydrogen) atoms. The van der Waals surface area contributed by atoms with E-state index < -0.39 is 53.6 Å². The standard InChI is InChI=1S/C18H22N2O9/c1-8(21)26-7-13-15(27-9(2)22)16(28-10(3)23)14(29-13)12-6-20(11-4-5-11)18(25)19-17(12)24/h6,11,13-16H,4-5,7H2,1-3H3,(H,19,24,25)/t13-,14+,15?,16?/m1/s1. The number of carbonyl (C=O) groups is 3. The van der Waals surface area contributed by atoms with Crippen LogP contribution >= 0.6 is 0 Å². The van der Waals surface area contributed by atoms with E-state index in [9.17, 15) is 24.0 Å². The van der Waals surface area contributed by atoms with Crippen molar-refractivity contribution in [1.82, 2.24) is 9.55 Å². The maximum Gasteiger partial charge on any atom is 0.328 e. The SMILES string of the molecule is CC(=O)OC[C@H]1O[C@@H](c2cn(C3CC3)c(=O)[nH]c2=O)C(OC(C)=O)C1OC(C)=O. The molecule has 0 bridgehead atoms. The minimum Gasteiger partial charge on any atom is -0.463 e. The molecule has 3 rings (SSSR count). The van der Waals surface area contributed by atoms with Gasteiger partial charge in [-0.05, 0) is 12.8 Å². The molecular formula is C18H22N2O9. The van der Waals surface area contributed by atoms with Gasteiger partial charge in [-0.15, -0.1) is 0 Å². The molecule has 2 aliphatic rings. The lowest BCUT2D eigenvalue weighted by molar-refractivity contribution is -0.165. The quantitative estimate of drug-likeness (QED) is 0.495. The number of H-pyrrole nitrogens is 1. The molecule has 2 fully saturated rings. The fourth-order valence-corrected chi connectivity index (χ4v) is 3.29. The molecule has 1 saturated heterocycles. The number of aromatic nitrogens is 2. The van der Waals surface area contributed by atoms with Crippen LogP contribution in [0.2, 0.25) is 0 Å². The van der Waals surface area contributed by atoms with Gasteiger partial charge in [0.1, 0.15) is 18.8 Å².